The van der Waals surface area contributed by atoms with Crippen LogP contribution in [0.3, 0.4) is 0 Å². The molecule has 3 N–H and O–H groups in total. The largest absolute Gasteiger partial charge is 0.476 e. The van der Waals surface area contributed by atoms with Gasteiger partial charge in [0.25, 0.3) is 6.01 Å². The van der Waals surface area contributed by atoms with Gasteiger partial charge >= 0.3 is 5.97 Å². The summed E-state index contributed by atoms with van der Waals surface area (Å²) >= 11 is 0. The van der Waals surface area contributed by atoms with Gasteiger partial charge in [-0.3, -0.25) is 0 Å². The van der Waals surface area contributed by atoms with Gasteiger partial charge in [-0.25, -0.2) is 4.79 Å². The van der Waals surface area contributed by atoms with Crippen LogP contribution < -0.4 is 5.32 Å². The van der Waals surface area contributed by atoms with E-state index < -0.39 is 12.0 Å². The SMILES string of the molecule is C#CCC(CO)Nc1nc(C(=O)O)co1. The fourth-order valence-electron chi connectivity index (χ4n) is 0.916. The molecule has 0 saturated heterocycles. The molecule has 0 fully saturated rings. The smallest absolute Gasteiger partial charge is 0.357 e. The highest BCUT2D eigenvalue weighted by molar-refractivity contribution is 5.85. The molecule has 0 aliphatic rings. The number of oxazole rings is 1. The van der Waals surface area contributed by atoms with Gasteiger partial charge in [0.15, 0.2) is 5.69 Å². The highest BCUT2D eigenvalue weighted by Gasteiger charge is 2.13. The number of nitrogens with zero attached hydrogens (tertiary/aromatic N) is 1. The molecule has 0 radical (unpaired) electrons. The highest BCUT2D eigenvalue weighted by Crippen LogP contribution is 2.09. The van der Waals surface area contributed by atoms with Crippen molar-refractivity contribution in [2.75, 3.05) is 11.9 Å². The zero-order valence-corrected chi connectivity index (χ0v) is 7.80. The molecule has 1 heterocycles. The number of rotatable bonds is 5. The lowest BCUT2D eigenvalue weighted by Crippen LogP contribution is -2.23. The first kappa shape index (κ1) is 11.1. The van der Waals surface area contributed by atoms with E-state index in [-0.39, 0.29) is 18.3 Å². The van der Waals surface area contributed by atoms with E-state index in [0.29, 0.717) is 6.42 Å². The van der Waals surface area contributed by atoms with Gasteiger partial charge in [-0.1, -0.05) is 0 Å². The standard InChI is InChI=1S/C9H10N2O4/c1-2-3-6(4-12)10-9-11-7(5-15-9)8(13)14/h1,5-6,12H,3-4H2,(H,10,11)(H,13,14). The molecule has 0 aromatic carbocycles. The number of aliphatic hydroxyl groups excluding tert-OH is 1. The van der Waals surface area contributed by atoms with E-state index in [1.807, 2.05) is 0 Å². The molecule has 0 amide bonds. The van der Waals surface area contributed by atoms with Gasteiger partial charge in [-0.2, -0.15) is 4.98 Å². The van der Waals surface area contributed by atoms with Gasteiger partial charge in [-0.05, 0) is 0 Å². The maximum Gasteiger partial charge on any atom is 0.357 e. The maximum atomic E-state index is 10.5. The third-order valence-electron chi connectivity index (χ3n) is 1.64. The molecule has 0 aliphatic carbocycles. The number of terminal acetylenes is 1. The van der Waals surface area contributed by atoms with Crippen molar-refractivity contribution in [3.05, 3.63) is 12.0 Å². The number of hydrogen-bond donors (Lipinski definition) is 3. The van der Waals surface area contributed by atoms with Crippen molar-refractivity contribution < 1.29 is 19.4 Å². The third-order valence-corrected chi connectivity index (χ3v) is 1.64. The number of aromatic nitrogens is 1. The van der Waals surface area contributed by atoms with Crippen LogP contribution >= 0.6 is 0 Å². The van der Waals surface area contributed by atoms with Gasteiger partial charge < -0.3 is 19.9 Å². The van der Waals surface area contributed by atoms with Crippen LogP contribution in [0.25, 0.3) is 0 Å². The summed E-state index contributed by atoms with van der Waals surface area (Å²) in [7, 11) is 0. The van der Waals surface area contributed by atoms with Crippen molar-refractivity contribution in [1.29, 1.82) is 0 Å². The second kappa shape index (κ2) is 5.02. The predicted octanol–water partition coefficient (Wildman–Crippen LogP) is 0.169. The van der Waals surface area contributed by atoms with Crippen molar-refractivity contribution >= 4 is 12.0 Å². The Kier molecular flexibility index (Phi) is 3.71. The van der Waals surface area contributed by atoms with Crippen molar-refractivity contribution in [2.24, 2.45) is 0 Å². The quantitative estimate of drug-likeness (QED) is 0.599. The number of nitrogens with one attached hydrogen (secondary N) is 1. The molecule has 1 aromatic rings. The molecule has 0 saturated carbocycles. The van der Waals surface area contributed by atoms with Gasteiger partial charge in [0.05, 0.1) is 12.6 Å². The Balaban J connectivity index is 2.64. The lowest BCUT2D eigenvalue weighted by Gasteiger charge is -2.10. The lowest BCUT2D eigenvalue weighted by molar-refractivity contribution is 0.0690. The van der Waals surface area contributed by atoms with Gasteiger partial charge in [0.1, 0.15) is 6.26 Å². The summed E-state index contributed by atoms with van der Waals surface area (Å²) in [5.41, 5.74) is -0.199. The minimum absolute atomic E-state index is 0.0294. The van der Waals surface area contributed by atoms with Crippen molar-refractivity contribution in [3.63, 3.8) is 0 Å². The number of hydrogen-bond acceptors (Lipinski definition) is 5. The van der Waals surface area contributed by atoms with E-state index in [4.69, 9.17) is 21.1 Å². The monoisotopic (exact) mass is 210 g/mol. The highest BCUT2D eigenvalue weighted by atomic mass is 16.4. The Bertz CT molecular complexity index is 380. The van der Waals surface area contributed by atoms with Crippen LogP contribution in [0.5, 0.6) is 0 Å². The summed E-state index contributed by atoms with van der Waals surface area (Å²) in [6.07, 6.45) is 6.37. The number of carboxylic acids is 1. The first-order valence-electron chi connectivity index (χ1n) is 4.17. The van der Waals surface area contributed by atoms with E-state index in [1.165, 1.54) is 0 Å². The molecule has 1 aromatic heterocycles. The fourth-order valence-corrected chi connectivity index (χ4v) is 0.916. The summed E-state index contributed by atoms with van der Waals surface area (Å²) in [4.78, 5) is 14.1. The maximum absolute atomic E-state index is 10.5. The zero-order valence-electron chi connectivity index (χ0n) is 7.80. The van der Waals surface area contributed by atoms with Gasteiger partial charge in [-0.15, -0.1) is 12.3 Å². The number of carboxylic acid groups (broad SMARTS) is 1. The minimum Gasteiger partial charge on any atom is -0.476 e. The molecule has 6 heteroatoms. The summed E-state index contributed by atoms with van der Waals surface area (Å²) in [6.45, 7) is -0.186. The number of anilines is 1. The Labute approximate surface area is 85.9 Å². The molecule has 80 valence electrons. The minimum atomic E-state index is -1.18. The molecule has 0 bridgehead atoms. The Morgan fingerprint density at radius 2 is 2.53 bits per heavy atom. The summed E-state index contributed by atoms with van der Waals surface area (Å²) in [5.74, 6) is 1.18. The molecular weight excluding hydrogens is 200 g/mol. The van der Waals surface area contributed by atoms with Crippen molar-refractivity contribution in [3.8, 4) is 12.3 Å². The van der Waals surface area contributed by atoms with E-state index in [1.54, 1.807) is 0 Å². The van der Waals surface area contributed by atoms with Crippen LogP contribution in [0.2, 0.25) is 0 Å². The van der Waals surface area contributed by atoms with E-state index >= 15 is 0 Å². The topological polar surface area (TPSA) is 95.6 Å². The van der Waals surface area contributed by atoms with Crippen molar-refractivity contribution in [1.82, 2.24) is 4.98 Å². The average Bonchev–Trinajstić information content (AvgIpc) is 2.65. The van der Waals surface area contributed by atoms with Crippen molar-refractivity contribution in [2.45, 2.75) is 12.5 Å². The first-order valence-corrected chi connectivity index (χ1v) is 4.17. The second-order valence-electron chi connectivity index (χ2n) is 2.78. The Hall–Kier alpha value is -2.00. The van der Waals surface area contributed by atoms with Crippen LogP contribution in [0, 0.1) is 12.3 Å². The fraction of sp³-hybridized carbons (Fsp3) is 0.333. The normalized spacial score (nSPS) is 11.7. The Morgan fingerprint density at radius 3 is 3.00 bits per heavy atom. The molecule has 1 atom stereocenters. The number of aromatic carboxylic acids is 1. The van der Waals surface area contributed by atoms with Crippen LogP contribution in [-0.2, 0) is 0 Å². The summed E-state index contributed by atoms with van der Waals surface area (Å²) in [6, 6.07) is -0.364. The molecular formula is C9H10N2O4. The van der Waals surface area contributed by atoms with Crippen LogP contribution in [0.15, 0.2) is 10.7 Å². The van der Waals surface area contributed by atoms with E-state index in [0.717, 1.165) is 6.26 Å². The lowest BCUT2D eigenvalue weighted by atomic mass is 10.2. The summed E-state index contributed by atoms with van der Waals surface area (Å²) < 4.78 is 4.82. The first-order chi connectivity index (χ1) is 7.17. The number of aliphatic hydroxyl groups is 1. The molecule has 1 unspecified atom stereocenters. The number of carbonyl (C=O) groups is 1. The third kappa shape index (κ3) is 3.00. The molecule has 15 heavy (non-hydrogen) atoms. The molecule has 1 rings (SSSR count). The average molecular weight is 210 g/mol. The Morgan fingerprint density at radius 1 is 1.80 bits per heavy atom. The zero-order chi connectivity index (χ0) is 11.3. The van der Waals surface area contributed by atoms with E-state index in [2.05, 4.69) is 16.2 Å². The van der Waals surface area contributed by atoms with Crippen LogP contribution in [0.4, 0.5) is 6.01 Å². The predicted molar refractivity (Wildman–Crippen MR) is 51.4 cm³/mol. The second-order valence-corrected chi connectivity index (χ2v) is 2.78. The molecule has 6 nitrogen and oxygen atoms in total. The van der Waals surface area contributed by atoms with Gasteiger partial charge in [0, 0.05) is 6.42 Å². The summed E-state index contributed by atoms with van der Waals surface area (Å²) in [5, 5.41) is 20.1. The van der Waals surface area contributed by atoms with Gasteiger partial charge in [0.2, 0.25) is 0 Å². The van der Waals surface area contributed by atoms with Crippen LogP contribution in [0.1, 0.15) is 16.9 Å². The van der Waals surface area contributed by atoms with Crippen LogP contribution in [-0.4, -0.2) is 33.8 Å². The molecule has 0 spiro atoms. The van der Waals surface area contributed by atoms with E-state index in [9.17, 15) is 4.79 Å². The molecule has 0 aliphatic heterocycles.